The van der Waals surface area contributed by atoms with Crippen molar-refractivity contribution in [3.8, 4) is 0 Å². The highest BCUT2D eigenvalue weighted by atomic mass is 16.5. The number of rotatable bonds is 4. The first-order valence-corrected chi connectivity index (χ1v) is 9.94. The van der Waals surface area contributed by atoms with E-state index < -0.39 is 23.8 Å². The number of nitrogens with one attached hydrogen (secondary N) is 1. The number of anilines is 1. The van der Waals surface area contributed by atoms with Gasteiger partial charge in [-0.1, -0.05) is 30.3 Å². The Hall–Kier alpha value is -4.20. The zero-order valence-corrected chi connectivity index (χ0v) is 17.8. The highest BCUT2D eigenvalue weighted by Gasteiger charge is 2.37. The number of esters is 1. The average molecular weight is 431 g/mol. The molecule has 1 aliphatic rings. The summed E-state index contributed by atoms with van der Waals surface area (Å²) in [4.78, 5) is 51.2. The summed E-state index contributed by atoms with van der Waals surface area (Å²) in [6.45, 7) is 3.67. The van der Waals surface area contributed by atoms with E-state index in [4.69, 9.17) is 4.74 Å². The van der Waals surface area contributed by atoms with Gasteiger partial charge in [-0.3, -0.25) is 19.7 Å². The molecule has 1 fully saturated rings. The maximum Gasteiger partial charge on any atom is 0.335 e. The smallest absolute Gasteiger partial charge is 0.335 e. The van der Waals surface area contributed by atoms with Crippen LogP contribution in [0.25, 0.3) is 17.0 Å². The minimum absolute atomic E-state index is 0.0204. The minimum atomic E-state index is -0.793. The predicted molar refractivity (Wildman–Crippen MR) is 119 cm³/mol. The van der Waals surface area contributed by atoms with Crippen molar-refractivity contribution < 1.29 is 23.9 Å². The number of urea groups is 1. The molecule has 1 N–H and O–H groups in total. The Kier molecular flexibility index (Phi) is 5.36. The molecule has 0 bridgehead atoms. The second kappa shape index (κ2) is 8.14. The van der Waals surface area contributed by atoms with Crippen LogP contribution in [0, 0.1) is 13.8 Å². The van der Waals surface area contributed by atoms with Gasteiger partial charge >= 0.3 is 12.0 Å². The number of amides is 4. The molecule has 4 rings (SSSR count). The molecule has 162 valence electrons. The van der Waals surface area contributed by atoms with Crippen molar-refractivity contribution in [2.45, 2.75) is 20.4 Å². The van der Waals surface area contributed by atoms with E-state index in [1.165, 1.54) is 13.2 Å². The first-order chi connectivity index (χ1) is 15.3. The van der Waals surface area contributed by atoms with Crippen LogP contribution in [0.4, 0.5) is 10.5 Å². The molecule has 0 atom stereocenters. The van der Waals surface area contributed by atoms with Crippen LogP contribution in [0.2, 0.25) is 0 Å². The van der Waals surface area contributed by atoms with Crippen molar-refractivity contribution in [2.75, 3.05) is 12.0 Å². The second-order valence-electron chi connectivity index (χ2n) is 7.48. The molecule has 2 heterocycles. The van der Waals surface area contributed by atoms with Gasteiger partial charge in [-0.05, 0) is 43.2 Å². The molecule has 4 amide bonds. The Morgan fingerprint density at radius 2 is 1.81 bits per heavy atom. The van der Waals surface area contributed by atoms with Crippen LogP contribution in [-0.4, -0.2) is 35.5 Å². The van der Waals surface area contributed by atoms with E-state index >= 15 is 0 Å². The molecule has 1 aliphatic heterocycles. The van der Waals surface area contributed by atoms with Crippen LogP contribution in [0.1, 0.15) is 16.7 Å². The monoisotopic (exact) mass is 431 g/mol. The summed E-state index contributed by atoms with van der Waals surface area (Å²) in [5.41, 5.74) is 3.23. The minimum Gasteiger partial charge on any atom is -0.468 e. The second-order valence-corrected chi connectivity index (χ2v) is 7.48. The first-order valence-electron chi connectivity index (χ1n) is 9.94. The van der Waals surface area contributed by atoms with Crippen LogP contribution in [0.3, 0.4) is 0 Å². The third-order valence-corrected chi connectivity index (χ3v) is 5.56. The summed E-state index contributed by atoms with van der Waals surface area (Å²) in [7, 11) is 1.31. The molecule has 0 spiro atoms. The van der Waals surface area contributed by atoms with Crippen LogP contribution in [0.15, 0.2) is 54.2 Å². The third-order valence-electron chi connectivity index (χ3n) is 5.56. The summed E-state index contributed by atoms with van der Waals surface area (Å²) >= 11 is 0. The summed E-state index contributed by atoms with van der Waals surface area (Å²) in [5, 5.41) is 3.00. The summed E-state index contributed by atoms with van der Waals surface area (Å²) in [6, 6.07) is 11.8. The van der Waals surface area contributed by atoms with Crippen LogP contribution in [-0.2, 0) is 25.7 Å². The van der Waals surface area contributed by atoms with Gasteiger partial charge < -0.3 is 9.30 Å². The largest absolute Gasteiger partial charge is 0.468 e. The number of hydrogen-bond acceptors (Lipinski definition) is 5. The van der Waals surface area contributed by atoms with Crippen molar-refractivity contribution in [3.63, 3.8) is 0 Å². The summed E-state index contributed by atoms with van der Waals surface area (Å²) in [5.74, 6) is -1.91. The maximum atomic E-state index is 13.3. The van der Waals surface area contributed by atoms with E-state index in [1.807, 2.05) is 44.2 Å². The molecule has 0 saturated carbocycles. The van der Waals surface area contributed by atoms with Crippen molar-refractivity contribution in [1.82, 2.24) is 9.88 Å². The fourth-order valence-electron chi connectivity index (χ4n) is 3.73. The van der Waals surface area contributed by atoms with E-state index in [9.17, 15) is 19.2 Å². The van der Waals surface area contributed by atoms with Crippen LogP contribution >= 0.6 is 0 Å². The van der Waals surface area contributed by atoms with Gasteiger partial charge in [-0.2, -0.15) is 0 Å². The standard InChI is InChI=1S/C24H21N3O5/c1-14-7-6-10-19(15(14)2)27-23(30)18(22(29)25-24(27)31)11-16-12-26(13-21(28)32-3)20-9-5-4-8-17(16)20/h4-12H,13H2,1-3H3,(H,25,29,31)/b18-11-. The molecule has 8 heteroatoms. The zero-order valence-electron chi connectivity index (χ0n) is 17.8. The van der Waals surface area contributed by atoms with E-state index in [1.54, 1.807) is 22.9 Å². The lowest BCUT2D eigenvalue weighted by atomic mass is 10.0. The van der Waals surface area contributed by atoms with E-state index in [0.717, 1.165) is 26.9 Å². The lowest BCUT2D eigenvalue weighted by Crippen LogP contribution is -2.54. The number of ether oxygens (including phenoxy) is 1. The highest BCUT2D eigenvalue weighted by molar-refractivity contribution is 6.39. The van der Waals surface area contributed by atoms with Gasteiger partial charge in [0.2, 0.25) is 0 Å². The van der Waals surface area contributed by atoms with Gasteiger partial charge in [0.15, 0.2) is 0 Å². The van der Waals surface area contributed by atoms with Gasteiger partial charge in [0.05, 0.1) is 12.8 Å². The Labute approximate surface area is 184 Å². The number of aryl methyl sites for hydroxylation is 1. The lowest BCUT2D eigenvalue weighted by molar-refractivity contribution is -0.141. The van der Waals surface area contributed by atoms with Crippen molar-refractivity contribution in [1.29, 1.82) is 0 Å². The molecule has 0 aliphatic carbocycles. The van der Waals surface area contributed by atoms with Crippen LogP contribution in [0.5, 0.6) is 0 Å². The molecule has 0 unspecified atom stereocenters. The Morgan fingerprint density at radius 1 is 1.06 bits per heavy atom. The number of para-hydroxylation sites is 1. The molecule has 1 aromatic heterocycles. The SMILES string of the molecule is COC(=O)Cn1cc(/C=C2/C(=O)NC(=O)N(c3cccc(C)c3C)C2=O)c2ccccc21. The molecule has 0 radical (unpaired) electrons. The number of aromatic nitrogens is 1. The fourth-order valence-corrected chi connectivity index (χ4v) is 3.73. The first kappa shape index (κ1) is 21.0. The van der Waals surface area contributed by atoms with Crippen molar-refractivity contribution in [3.05, 3.63) is 70.9 Å². The Bertz CT molecular complexity index is 1320. The van der Waals surface area contributed by atoms with E-state index in [-0.39, 0.29) is 12.1 Å². The zero-order chi connectivity index (χ0) is 23.0. The molecule has 3 aromatic rings. The molecular weight excluding hydrogens is 410 g/mol. The van der Waals surface area contributed by atoms with Gasteiger partial charge in [0.25, 0.3) is 11.8 Å². The quantitative estimate of drug-likeness (QED) is 0.389. The number of fused-ring (bicyclic) bond motifs is 1. The number of carbonyl (C=O) groups excluding carboxylic acids is 4. The third kappa shape index (κ3) is 3.56. The van der Waals surface area contributed by atoms with Gasteiger partial charge in [0.1, 0.15) is 12.1 Å². The van der Waals surface area contributed by atoms with E-state index in [0.29, 0.717) is 11.3 Å². The number of methoxy groups -OCH3 is 1. The predicted octanol–water partition coefficient (Wildman–Crippen LogP) is 3.10. The van der Waals surface area contributed by atoms with Gasteiger partial charge in [-0.25, -0.2) is 9.69 Å². The number of imide groups is 2. The number of barbiturate groups is 1. The Morgan fingerprint density at radius 3 is 2.56 bits per heavy atom. The number of carbonyl (C=O) groups is 4. The topological polar surface area (TPSA) is 97.7 Å². The van der Waals surface area contributed by atoms with E-state index in [2.05, 4.69) is 5.32 Å². The molecule has 1 saturated heterocycles. The van der Waals surface area contributed by atoms with Crippen molar-refractivity contribution in [2.24, 2.45) is 0 Å². The van der Waals surface area contributed by atoms with Crippen LogP contribution < -0.4 is 10.2 Å². The normalized spacial score (nSPS) is 15.4. The Balaban J connectivity index is 1.81. The molecule has 2 aromatic carbocycles. The maximum absolute atomic E-state index is 13.3. The number of hydrogen-bond donors (Lipinski definition) is 1. The van der Waals surface area contributed by atoms with Crippen molar-refractivity contribution >= 4 is 46.5 Å². The van der Waals surface area contributed by atoms with Gasteiger partial charge in [-0.15, -0.1) is 0 Å². The fraction of sp³-hybridized carbons (Fsp3) is 0.167. The molecular formula is C24H21N3O5. The number of benzene rings is 2. The molecule has 32 heavy (non-hydrogen) atoms. The average Bonchev–Trinajstić information content (AvgIpc) is 3.11. The number of nitrogens with zero attached hydrogens (tertiary/aromatic N) is 2. The van der Waals surface area contributed by atoms with Gasteiger partial charge in [0, 0.05) is 22.7 Å². The summed E-state index contributed by atoms with van der Waals surface area (Å²) in [6.07, 6.45) is 3.12. The lowest BCUT2D eigenvalue weighted by Gasteiger charge is -2.28. The molecule has 8 nitrogen and oxygen atoms in total. The summed E-state index contributed by atoms with van der Waals surface area (Å²) < 4.78 is 6.44. The highest BCUT2D eigenvalue weighted by Crippen LogP contribution is 2.29.